The molecule has 8 atom stereocenters. The van der Waals surface area contributed by atoms with Gasteiger partial charge in [0.15, 0.2) is 12.4 Å². The first-order valence-electron chi connectivity index (χ1n) is 6.80. The van der Waals surface area contributed by atoms with Crippen LogP contribution < -0.4 is 0 Å². The molecule has 11 N–H and O–H groups in total. The summed E-state index contributed by atoms with van der Waals surface area (Å²) in [5.41, 5.74) is 0. The van der Waals surface area contributed by atoms with Crippen LogP contribution in [0.3, 0.4) is 0 Å². The van der Waals surface area contributed by atoms with Crippen molar-refractivity contribution in [3.8, 4) is 0 Å². The molecule has 0 heterocycles. The maximum Gasteiger partial charge on any atom is 0.335 e. The Morgan fingerprint density at radius 3 is 1.36 bits per heavy atom. The summed E-state index contributed by atoms with van der Waals surface area (Å²) in [6.45, 7) is -1.60. The van der Waals surface area contributed by atoms with E-state index in [1.54, 1.807) is 0 Å². The van der Waals surface area contributed by atoms with Crippen LogP contribution in [0.5, 0.6) is 0 Å². The van der Waals surface area contributed by atoms with Gasteiger partial charge in [-0.2, -0.15) is 0 Å². The molecule has 25 heavy (non-hydrogen) atoms. The van der Waals surface area contributed by atoms with E-state index in [2.05, 4.69) is 0 Å². The zero-order valence-corrected chi connectivity index (χ0v) is 12.8. The van der Waals surface area contributed by atoms with Gasteiger partial charge in [0.2, 0.25) is 0 Å². The van der Waals surface area contributed by atoms with Gasteiger partial charge in [-0.15, -0.1) is 0 Å². The van der Waals surface area contributed by atoms with E-state index in [9.17, 15) is 9.59 Å². The fourth-order valence-corrected chi connectivity index (χ4v) is 1.29. The minimum Gasteiger partial charge on any atom is -0.479 e. The molecule has 0 saturated carbocycles. The van der Waals surface area contributed by atoms with E-state index in [1.807, 2.05) is 0 Å². The standard InChI is InChI=1S/C6H12O7.C6H12O6/c7-1-2(8)3(9)4(10)5(11)6(12)13;7-1-3(9)5(11)6(12)4(10)2-8/h2-5,7-11H,1H2,(H,12,13);1,3-6,8-12H,2H2. The van der Waals surface area contributed by atoms with Crippen molar-refractivity contribution in [3.05, 3.63) is 0 Å². The summed E-state index contributed by atoms with van der Waals surface area (Å²) in [5.74, 6) is -1.73. The molecule has 0 aromatic heterocycles. The van der Waals surface area contributed by atoms with Crippen LogP contribution in [0.4, 0.5) is 0 Å². The highest BCUT2D eigenvalue weighted by atomic mass is 16.4. The highest BCUT2D eigenvalue weighted by Gasteiger charge is 2.33. The molecule has 8 unspecified atom stereocenters. The molecule has 0 aliphatic carbocycles. The van der Waals surface area contributed by atoms with Crippen molar-refractivity contribution in [2.75, 3.05) is 13.2 Å². The Bertz CT molecular complexity index is 378. The Hall–Kier alpha value is -1.26. The normalized spacial score (nSPS) is 20.7. The summed E-state index contributed by atoms with van der Waals surface area (Å²) in [4.78, 5) is 20.0. The lowest BCUT2D eigenvalue weighted by molar-refractivity contribution is -0.164. The predicted octanol–water partition coefficient (Wildman–Crippen LogP) is -6.87. The van der Waals surface area contributed by atoms with Gasteiger partial charge in [-0.25, -0.2) is 4.79 Å². The van der Waals surface area contributed by atoms with Gasteiger partial charge >= 0.3 is 5.97 Å². The first-order valence-corrected chi connectivity index (χ1v) is 6.80. The first kappa shape index (κ1) is 26.0. The van der Waals surface area contributed by atoms with E-state index in [1.165, 1.54) is 0 Å². The molecule has 0 rings (SSSR count). The number of carboxylic acid groups (broad SMARTS) is 1. The van der Waals surface area contributed by atoms with Crippen molar-refractivity contribution in [1.29, 1.82) is 0 Å². The molecule has 0 spiro atoms. The molecule has 13 nitrogen and oxygen atoms in total. The van der Waals surface area contributed by atoms with Crippen LogP contribution in [0.25, 0.3) is 0 Å². The first-order chi connectivity index (χ1) is 11.5. The molecule has 0 amide bonds. The van der Waals surface area contributed by atoms with E-state index >= 15 is 0 Å². The summed E-state index contributed by atoms with van der Waals surface area (Å²) in [6.07, 6.45) is -14.7. The lowest BCUT2D eigenvalue weighted by atomic mass is 10.0. The van der Waals surface area contributed by atoms with Gasteiger partial charge in [-0.3, -0.25) is 0 Å². The van der Waals surface area contributed by atoms with Gasteiger partial charge in [0.1, 0.15) is 42.7 Å². The number of aldehydes is 1. The van der Waals surface area contributed by atoms with Crippen molar-refractivity contribution >= 4 is 12.3 Å². The van der Waals surface area contributed by atoms with E-state index in [4.69, 9.17) is 56.2 Å². The lowest BCUT2D eigenvalue weighted by Gasteiger charge is -2.23. The predicted molar refractivity (Wildman–Crippen MR) is 75.9 cm³/mol. The minimum atomic E-state index is -2.20. The Morgan fingerprint density at radius 1 is 0.720 bits per heavy atom. The number of aliphatic carboxylic acids is 1. The molecule has 150 valence electrons. The zero-order chi connectivity index (χ0) is 20.3. The molecule has 0 aliphatic heterocycles. The molecule has 0 aromatic carbocycles. The number of aliphatic hydroxyl groups excluding tert-OH is 10. The molecular formula is C12H24O13. The van der Waals surface area contributed by atoms with Gasteiger partial charge in [-0.05, 0) is 0 Å². The second-order valence-electron chi connectivity index (χ2n) is 4.87. The number of aliphatic hydroxyl groups is 10. The summed E-state index contributed by atoms with van der Waals surface area (Å²) in [5, 5.41) is 95.4. The van der Waals surface area contributed by atoms with Crippen molar-refractivity contribution in [3.63, 3.8) is 0 Å². The highest BCUT2D eigenvalue weighted by molar-refractivity contribution is 5.72. The topological polar surface area (TPSA) is 257 Å². The van der Waals surface area contributed by atoms with Gasteiger partial charge in [0.05, 0.1) is 13.2 Å². The maximum atomic E-state index is 10.1. The molecule has 0 aromatic rings. The lowest BCUT2D eigenvalue weighted by Crippen LogP contribution is -2.48. The third kappa shape index (κ3) is 9.13. The molecule has 0 fully saturated rings. The van der Waals surface area contributed by atoms with Crippen LogP contribution in [0.1, 0.15) is 0 Å². The number of carboxylic acids is 1. The average Bonchev–Trinajstić information content (AvgIpc) is 2.62. The van der Waals surface area contributed by atoms with Crippen LogP contribution in [0.2, 0.25) is 0 Å². The third-order valence-electron chi connectivity index (χ3n) is 2.93. The van der Waals surface area contributed by atoms with Crippen LogP contribution >= 0.6 is 0 Å². The number of carbonyl (C=O) groups is 2. The van der Waals surface area contributed by atoms with Crippen LogP contribution in [0.15, 0.2) is 0 Å². The van der Waals surface area contributed by atoms with Gasteiger partial charge < -0.3 is 61.0 Å². The third-order valence-corrected chi connectivity index (χ3v) is 2.93. The largest absolute Gasteiger partial charge is 0.479 e. The molecule has 0 aliphatic rings. The van der Waals surface area contributed by atoms with Crippen LogP contribution in [0, 0.1) is 0 Å². The SMILES string of the molecule is O=C(O)C(O)C(O)C(O)C(O)CO.O=CC(O)C(O)C(O)C(O)CO. The fourth-order valence-electron chi connectivity index (χ4n) is 1.29. The van der Waals surface area contributed by atoms with Gasteiger partial charge in [-0.1, -0.05) is 0 Å². The Morgan fingerprint density at radius 2 is 1.08 bits per heavy atom. The molecular weight excluding hydrogens is 352 g/mol. The molecule has 0 radical (unpaired) electrons. The number of rotatable bonds is 10. The number of hydrogen-bond donors (Lipinski definition) is 11. The smallest absolute Gasteiger partial charge is 0.335 e. The molecule has 0 bridgehead atoms. The van der Waals surface area contributed by atoms with Crippen molar-refractivity contribution in [2.24, 2.45) is 0 Å². The second kappa shape index (κ2) is 13.0. The van der Waals surface area contributed by atoms with Crippen LogP contribution in [-0.2, 0) is 9.59 Å². The summed E-state index contributed by atoms with van der Waals surface area (Å²) >= 11 is 0. The van der Waals surface area contributed by atoms with Gasteiger partial charge in [0, 0.05) is 0 Å². The Balaban J connectivity index is 0. The quantitative estimate of drug-likeness (QED) is 0.159. The minimum absolute atomic E-state index is 0.0258. The Kier molecular flexibility index (Phi) is 13.5. The van der Waals surface area contributed by atoms with Crippen molar-refractivity contribution in [1.82, 2.24) is 0 Å². The maximum absolute atomic E-state index is 10.1. The average molecular weight is 376 g/mol. The van der Waals surface area contributed by atoms with Gasteiger partial charge in [0.25, 0.3) is 0 Å². The van der Waals surface area contributed by atoms with Crippen molar-refractivity contribution in [2.45, 2.75) is 48.8 Å². The van der Waals surface area contributed by atoms with E-state index in [0.717, 1.165) is 0 Å². The van der Waals surface area contributed by atoms with Crippen LogP contribution in [-0.4, -0.2) is 130 Å². The van der Waals surface area contributed by atoms with E-state index < -0.39 is 68.0 Å². The fraction of sp³-hybridized carbons (Fsp3) is 0.833. The summed E-state index contributed by atoms with van der Waals surface area (Å²) in [6, 6.07) is 0. The Labute approximate surface area is 141 Å². The highest BCUT2D eigenvalue weighted by Crippen LogP contribution is 2.05. The molecule has 0 saturated heterocycles. The van der Waals surface area contributed by atoms with Crippen molar-refractivity contribution < 1.29 is 65.8 Å². The summed E-state index contributed by atoms with van der Waals surface area (Å²) in [7, 11) is 0. The monoisotopic (exact) mass is 376 g/mol. The molecule has 13 heteroatoms. The number of hydrogen-bond acceptors (Lipinski definition) is 12. The number of carbonyl (C=O) groups excluding carboxylic acids is 1. The van der Waals surface area contributed by atoms with E-state index in [-0.39, 0.29) is 6.29 Å². The summed E-state index contributed by atoms with van der Waals surface area (Å²) < 4.78 is 0. The van der Waals surface area contributed by atoms with E-state index in [0.29, 0.717) is 0 Å². The second-order valence-corrected chi connectivity index (χ2v) is 4.87. The zero-order valence-electron chi connectivity index (χ0n) is 12.8.